The van der Waals surface area contributed by atoms with Crippen molar-refractivity contribution in [3.05, 3.63) is 36.0 Å². The van der Waals surface area contributed by atoms with Gasteiger partial charge in [-0.1, -0.05) is 6.07 Å². The molecule has 5 nitrogen and oxygen atoms in total. The van der Waals surface area contributed by atoms with E-state index in [9.17, 15) is 8.42 Å². The van der Waals surface area contributed by atoms with Gasteiger partial charge in [0.1, 0.15) is 4.21 Å². The smallest absolute Gasteiger partial charge is 0.250 e. The lowest BCUT2D eigenvalue weighted by molar-refractivity contribution is 0.494. The molecule has 7 heteroatoms. The van der Waals surface area contributed by atoms with Crippen LogP contribution in [-0.4, -0.2) is 24.2 Å². The van der Waals surface area contributed by atoms with Gasteiger partial charge < -0.3 is 0 Å². The van der Waals surface area contributed by atoms with E-state index >= 15 is 0 Å². The van der Waals surface area contributed by atoms with Crippen LogP contribution in [0.15, 0.2) is 40.2 Å². The predicted molar refractivity (Wildman–Crippen MR) is 66.3 cm³/mol. The Hall–Kier alpha value is -1.18. The van der Waals surface area contributed by atoms with Crippen molar-refractivity contribution in [2.75, 3.05) is 0 Å². The van der Waals surface area contributed by atoms with Gasteiger partial charge in [0, 0.05) is 18.4 Å². The lowest BCUT2D eigenvalue weighted by atomic mass is 10.4. The SMILES string of the molecule is CC(Cn1cccn1)NS(=O)(=O)c1cccs1. The fraction of sp³-hybridized carbons (Fsp3) is 0.300. The van der Waals surface area contributed by atoms with Gasteiger partial charge in [0.15, 0.2) is 0 Å². The molecule has 0 bridgehead atoms. The monoisotopic (exact) mass is 271 g/mol. The van der Waals surface area contributed by atoms with Gasteiger partial charge in [0.25, 0.3) is 0 Å². The molecule has 2 aromatic rings. The minimum Gasteiger partial charge on any atom is -0.271 e. The molecule has 2 rings (SSSR count). The first-order valence-corrected chi connectivity index (χ1v) is 7.47. The molecular weight excluding hydrogens is 258 g/mol. The Bertz CT molecular complexity index is 546. The largest absolute Gasteiger partial charge is 0.271 e. The molecule has 0 amide bonds. The molecule has 0 aromatic carbocycles. The average molecular weight is 271 g/mol. The molecule has 0 aliphatic carbocycles. The van der Waals surface area contributed by atoms with Gasteiger partial charge in [-0.25, -0.2) is 13.1 Å². The highest BCUT2D eigenvalue weighted by Crippen LogP contribution is 2.15. The van der Waals surface area contributed by atoms with Crippen LogP contribution in [0.4, 0.5) is 0 Å². The summed E-state index contributed by atoms with van der Waals surface area (Å²) in [6, 6.07) is 4.91. The summed E-state index contributed by atoms with van der Waals surface area (Å²) in [5, 5.41) is 5.78. The van der Waals surface area contributed by atoms with Crippen molar-refractivity contribution in [3.8, 4) is 0 Å². The van der Waals surface area contributed by atoms with Gasteiger partial charge in [-0.2, -0.15) is 5.10 Å². The molecule has 0 saturated heterocycles. The van der Waals surface area contributed by atoms with E-state index in [4.69, 9.17) is 0 Å². The van der Waals surface area contributed by atoms with E-state index in [2.05, 4.69) is 9.82 Å². The third kappa shape index (κ3) is 3.15. The van der Waals surface area contributed by atoms with Crippen molar-refractivity contribution in [2.45, 2.75) is 23.7 Å². The van der Waals surface area contributed by atoms with Crippen molar-refractivity contribution in [1.82, 2.24) is 14.5 Å². The standard InChI is InChI=1S/C10H13N3O2S2/c1-9(8-13-6-3-5-11-13)12-17(14,15)10-4-2-7-16-10/h2-7,9,12H,8H2,1H3. The van der Waals surface area contributed by atoms with Crippen LogP contribution in [-0.2, 0) is 16.6 Å². The average Bonchev–Trinajstić information content (AvgIpc) is 2.87. The number of nitrogens with zero attached hydrogens (tertiary/aromatic N) is 2. The number of thiophene rings is 1. The van der Waals surface area contributed by atoms with E-state index in [1.54, 1.807) is 40.7 Å². The maximum Gasteiger partial charge on any atom is 0.250 e. The van der Waals surface area contributed by atoms with E-state index in [1.807, 2.05) is 6.92 Å². The maximum atomic E-state index is 11.9. The highest BCUT2D eigenvalue weighted by molar-refractivity contribution is 7.91. The molecule has 1 unspecified atom stereocenters. The van der Waals surface area contributed by atoms with Gasteiger partial charge in [0.2, 0.25) is 10.0 Å². The molecule has 92 valence electrons. The maximum absolute atomic E-state index is 11.9. The minimum absolute atomic E-state index is 0.206. The Kier molecular flexibility index (Phi) is 3.60. The van der Waals surface area contributed by atoms with Crippen LogP contribution in [0.1, 0.15) is 6.92 Å². The van der Waals surface area contributed by atoms with Crippen LogP contribution in [0, 0.1) is 0 Å². The molecule has 0 aliphatic heterocycles. The number of hydrogen-bond donors (Lipinski definition) is 1. The summed E-state index contributed by atoms with van der Waals surface area (Å²) >= 11 is 1.21. The van der Waals surface area contributed by atoms with Gasteiger partial charge in [-0.15, -0.1) is 11.3 Å². The quantitative estimate of drug-likeness (QED) is 0.892. The normalized spacial score (nSPS) is 13.7. The predicted octanol–water partition coefficient (Wildman–Crippen LogP) is 1.31. The minimum atomic E-state index is -3.39. The molecule has 17 heavy (non-hydrogen) atoms. The van der Waals surface area contributed by atoms with Gasteiger partial charge in [-0.05, 0) is 24.4 Å². The van der Waals surface area contributed by atoms with E-state index in [0.29, 0.717) is 10.8 Å². The highest BCUT2D eigenvalue weighted by Gasteiger charge is 2.18. The molecule has 0 saturated carbocycles. The molecule has 0 aliphatic rings. The molecule has 0 fully saturated rings. The summed E-state index contributed by atoms with van der Waals surface area (Å²) in [6.07, 6.45) is 3.47. The molecule has 2 heterocycles. The summed E-state index contributed by atoms with van der Waals surface area (Å²) < 4.78 is 28.5. The van der Waals surface area contributed by atoms with Crippen molar-refractivity contribution in [3.63, 3.8) is 0 Å². The highest BCUT2D eigenvalue weighted by atomic mass is 32.2. The second-order valence-electron chi connectivity index (χ2n) is 3.68. The van der Waals surface area contributed by atoms with E-state index in [-0.39, 0.29) is 6.04 Å². The van der Waals surface area contributed by atoms with Gasteiger partial charge >= 0.3 is 0 Å². The lowest BCUT2D eigenvalue weighted by Crippen LogP contribution is -2.35. The van der Waals surface area contributed by atoms with Gasteiger partial charge in [0.05, 0.1) is 6.54 Å². The van der Waals surface area contributed by atoms with Gasteiger partial charge in [-0.3, -0.25) is 4.68 Å². The van der Waals surface area contributed by atoms with Crippen LogP contribution in [0.3, 0.4) is 0 Å². The van der Waals surface area contributed by atoms with E-state index in [1.165, 1.54) is 11.3 Å². The first kappa shape index (κ1) is 12.3. The number of aromatic nitrogens is 2. The van der Waals surface area contributed by atoms with Crippen molar-refractivity contribution >= 4 is 21.4 Å². The number of nitrogens with one attached hydrogen (secondary N) is 1. The Morgan fingerprint density at radius 1 is 1.53 bits per heavy atom. The summed E-state index contributed by atoms with van der Waals surface area (Å²) in [4.78, 5) is 0. The molecule has 2 aromatic heterocycles. The molecule has 0 radical (unpaired) electrons. The molecule has 1 N–H and O–H groups in total. The molecule has 1 atom stereocenters. The zero-order valence-electron chi connectivity index (χ0n) is 9.28. The Balaban J connectivity index is 2.01. The molecule has 0 spiro atoms. The third-order valence-corrected chi connectivity index (χ3v) is 5.12. The van der Waals surface area contributed by atoms with Crippen molar-refractivity contribution in [1.29, 1.82) is 0 Å². The summed E-state index contributed by atoms with van der Waals surface area (Å²) in [7, 11) is -3.39. The fourth-order valence-electron chi connectivity index (χ4n) is 1.47. The Morgan fingerprint density at radius 3 is 2.94 bits per heavy atom. The first-order chi connectivity index (χ1) is 8.08. The van der Waals surface area contributed by atoms with E-state index < -0.39 is 10.0 Å². The van der Waals surface area contributed by atoms with E-state index in [0.717, 1.165) is 0 Å². The second kappa shape index (κ2) is 4.99. The zero-order chi connectivity index (χ0) is 12.3. The summed E-state index contributed by atoms with van der Waals surface area (Å²) in [6.45, 7) is 2.32. The lowest BCUT2D eigenvalue weighted by Gasteiger charge is -2.13. The third-order valence-electron chi connectivity index (χ3n) is 2.14. The number of hydrogen-bond acceptors (Lipinski definition) is 4. The number of rotatable bonds is 5. The van der Waals surface area contributed by atoms with Crippen LogP contribution in [0.25, 0.3) is 0 Å². The first-order valence-electron chi connectivity index (χ1n) is 5.11. The summed E-state index contributed by atoms with van der Waals surface area (Å²) in [5.74, 6) is 0. The van der Waals surface area contributed by atoms with Crippen LogP contribution in [0.2, 0.25) is 0 Å². The molecular formula is C10H13N3O2S2. The fourth-order valence-corrected chi connectivity index (χ4v) is 3.71. The topological polar surface area (TPSA) is 64.0 Å². The van der Waals surface area contributed by atoms with Crippen molar-refractivity contribution in [2.24, 2.45) is 0 Å². The second-order valence-corrected chi connectivity index (χ2v) is 6.57. The van der Waals surface area contributed by atoms with Crippen molar-refractivity contribution < 1.29 is 8.42 Å². The Labute approximate surface area is 104 Å². The summed E-state index contributed by atoms with van der Waals surface area (Å²) in [5.41, 5.74) is 0. The van der Waals surface area contributed by atoms with Crippen LogP contribution < -0.4 is 4.72 Å². The van der Waals surface area contributed by atoms with Crippen LogP contribution >= 0.6 is 11.3 Å². The van der Waals surface area contributed by atoms with Crippen LogP contribution in [0.5, 0.6) is 0 Å². The Morgan fingerprint density at radius 2 is 2.35 bits per heavy atom. The zero-order valence-corrected chi connectivity index (χ0v) is 10.9. The number of sulfonamides is 1.